The molecule has 0 radical (unpaired) electrons. The van der Waals surface area contributed by atoms with Crippen LogP contribution >= 0.6 is 11.6 Å². The summed E-state index contributed by atoms with van der Waals surface area (Å²) >= 11 is 6.11. The smallest absolute Gasteiger partial charge is 0.338 e. The van der Waals surface area contributed by atoms with Gasteiger partial charge in [0.1, 0.15) is 5.82 Å². The molecular formula is C27H26ClF4N5O2. The first-order valence-corrected chi connectivity index (χ1v) is 12.9. The quantitative estimate of drug-likeness (QED) is 0.427. The topological polar surface area (TPSA) is 70.5 Å². The number of aryl methyl sites for hydroxylation is 1. The van der Waals surface area contributed by atoms with Gasteiger partial charge in [-0.05, 0) is 60.7 Å². The van der Waals surface area contributed by atoms with Crippen LogP contribution in [-0.2, 0) is 11.0 Å². The van der Waals surface area contributed by atoms with Crippen LogP contribution < -0.4 is 5.32 Å². The lowest BCUT2D eigenvalue weighted by atomic mass is 10.0. The van der Waals surface area contributed by atoms with Gasteiger partial charge in [-0.3, -0.25) is 9.59 Å². The Morgan fingerprint density at radius 2 is 1.72 bits per heavy atom. The highest BCUT2D eigenvalue weighted by Gasteiger charge is 2.45. The zero-order chi connectivity index (χ0) is 27.9. The van der Waals surface area contributed by atoms with Gasteiger partial charge in [-0.15, -0.1) is 0 Å². The molecule has 1 aromatic heterocycles. The fraction of sp³-hybridized carbons (Fsp3) is 0.370. The second kappa shape index (κ2) is 10.6. The number of benzene rings is 2. The van der Waals surface area contributed by atoms with Gasteiger partial charge in [0, 0.05) is 49.9 Å². The van der Waals surface area contributed by atoms with E-state index in [1.165, 1.54) is 17.0 Å². The number of likely N-dealkylation sites (tertiary alicyclic amines) is 2. The van der Waals surface area contributed by atoms with E-state index in [9.17, 15) is 27.2 Å². The van der Waals surface area contributed by atoms with Crippen LogP contribution in [0.25, 0.3) is 5.69 Å². The Kier molecular flexibility index (Phi) is 7.39. The third-order valence-corrected chi connectivity index (χ3v) is 7.71. The maximum Gasteiger partial charge on any atom is 0.434 e. The predicted octanol–water partition coefficient (Wildman–Crippen LogP) is 5.02. The van der Waals surface area contributed by atoms with Crippen LogP contribution in [0.1, 0.15) is 28.0 Å². The van der Waals surface area contributed by atoms with Crippen molar-refractivity contribution in [3.8, 4) is 5.69 Å². The van der Waals surface area contributed by atoms with E-state index in [1.807, 2.05) is 13.0 Å². The van der Waals surface area contributed by atoms with Crippen molar-refractivity contribution in [2.24, 2.45) is 11.8 Å². The Morgan fingerprint density at radius 3 is 2.33 bits per heavy atom. The minimum Gasteiger partial charge on any atom is -0.338 e. The molecule has 2 aliphatic rings. The number of nitrogens with one attached hydrogen (secondary N) is 1. The van der Waals surface area contributed by atoms with E-state index < -0.39 is 29.2 Å². The summed E-state index contributed by atoms with van der Waals surface area (Å²) in [5.41, 5.74) is -0.160. The van der Waals surface area contributed by atoms with Crippen LogP contribution in [-0.4, -0.2) is 64.1 Å². The number of alkyl halides is 3. The van der Waals surface area contributed by atoms with Gasteiger partial charge in [0.25, 0.3) is 5.91 Å². The molecule has 39 heavy (non-hydrogen) atoms. The summed E-state index contributed by atoms with van der Waals surface area (Å²) in [6, 6.07) is 9.75. The van der Waals surface area contributed by atoms with Gasteiger partial charge in [0.2, 0.25) is 5.91 Å². The summed E-state index contributed by atoms with van der Waals surface area (Å²) in [7, 11) is 0. The standard InChI is InChI=1S/C27H26ClF4N5O2/c1-16-2-5-20(10-23(16)28)34-24(38)8-9-35-12-17-14-36(15-18(17)13-35)26(39)22-11-33-37(25(22)27(30,31)32)21-6-3-19(29)4-7-21/h2-7,10-11,17-18H,8-9,12-15H2,1H3,(H,34,38). The van der Waals surface area contributed by atoms with Gasteiger partial charge in [-0.1, -0.05) is 17.7 Å². The summed E-state index contributed by atoms with van der Waals surface area (Å²) in [5, 5.41) is 7.22. The summed E-state index contributed by atoms with van der Waals surface area (Å²) in [6.45, 7) is 4.37. The van der Waals surface area contributed by atoms with E-state index in [-0.39, 0.29) is 29.9 Å². The lowest BCUT2D eigenvalue weighted by molar-refractivity contribution is -0.143. The molecule has 1 N–H and O–H groups in total. The fourth-order valence-electron chi connectivity index (χ4n) is 5.32. The number of amides is 2. The summed E-state index contributed by atoms with van der Waals surface area (Å²) in [5.74, 6) is -1.25. The number of hydrogen-bond acceptors (Lipinski definition) is 4. The van der Waals surface area contributed by atoms with E-state index in [4.69, 9.17) is 11.6 Å². The van der Waals surface area contributed by atoms with Crippen molar-refractivity contribution < 1.29 is 27.2 Å². The van der Waals surface area contributed by atoms with E-state index >= 15 is 0 Å². The molecule has 0 spiro atoms. The number of carbonyl (C=O) groups excluding carboxylic acids is 2. The molecule has 2 amide bonds. The SMILES string of the molecule is Cc1ccc(NC(=O)CCN2CC3CN(C(=O)c4cnn(-c5ccc(F)cc5)c4C(F)(F)F)CC3C2)cc1Cl. The van der Waals surface area contributed by atoms with Crippen molar-refractivity contribution in [1.29, 1.82) is 0 Å². The third kappa shape index (κ3) is 5.79. The molecule has 2 fully saturated rings. The van der Waals surface area contributed by atoms with E-state index in [1.54, 1.807) is 12.1 Å². The average Bonchev–Trinajstić information content (AvgIpc) is 3.58. The molecule has 2 saturated heterocycles. The minimum absolute atomic E-state index is 0.00576. The Bertz CT molecular complexity index is 1380. The number of halogens is 5. The molecule has 3 aromatic rings. The highest BCUT2D eigenvalue weighted by molar-refractivity contribution is 6.31. The van der Waals surface area contributed by atoms with Crippen molar-refractivity contribution in [1.82, 2.24) is 19.6 Å². The molecule has 0 saturated carbocycles. The molecule has 0 aliphatic carbocycles. The molecule has 2 aromatic carbocycles. The first kappa shape index (κ1) is 27.1. The maximum absolute atomic E-state index is 14.0. The van der Waals surface area contributed by atoms with Crippen LogP contribution in [0.15, 0.2) is 48.7 Å². The van der Waals surface area contributed by atoms with Gasteiger partial charge < -0.3 is 15.1 Å². The molecule has 2 atom stereocenters. The van der Waals surface area contributed by atoms with Gasteiger partial charge in [0.15, 0.2) is 5.69 Å². The number of carbonyl (C=O) groups is 2. The number of fused-ring (bicyclic) bond motifs is 1. The molecule has 2 aliphatic heterocycles. The highest BCUT2D eigenvalue weighted by atomic mass is 35.5. The van der Waals surface area contributed by atoms with Crippen molar-refractivity contribution >= 4 is 29.1 Å². The second-order valence-electron chi connectivity index (χ2n) is 10.0. The van der Waals surface area contributed by atoms with Gasteiger partial charge in [-0.25, -0.2) is 9.07 Å². The van der Waals surface area contributed by atoms with Crippen molar-refractivity contribution in [2.75, 3.05) is 38.0 Å². The average molecular weight is 564 g/mol. The van der Waals surface area contributed by atoms with Crippen LogP contribution in [0.4, 0.5) is 23.2 Å². The predicted molar refractivity (Wildman–Crippen MR) is 137 cm³/mol. The van der Waals surface area contributed by atoms with Crippen LogP contribution in [0, 0.1) is 24.6 Å². The molecule has 0 bridgehead atoms. The molecule has 7 nitrogen and oxygen atoms in total. The van der Waals surface area contributed by atoms with Gasteiger partial charge in [-0.2, -0.15) is 18.3 Å². The van der Waals surface area contributed by atoms with Crippen molar-refractivity contribution in [2.45, 2.75) is 19.5 Å². The number of aromatic nitrogens is 2. The number of hydrogen-bond donors (Lipinski definition) is 1. The second-order valence-corrected chi connectivity index (χ2v) is 10.5. The Labute approximate surface area is 227 Å². The van der Waals surface area contributed by atoms with Gasteiger partial charge >= 0.3 is 6.18 Å². The molecule has 5 rings (SSSR count). The number of anilines is 1. The zero-order valence-corrected chi connectivity index (χ0v) is 21.8. The lowest BCUT2D eigenvalue weighted by Gasteiger charge is -2.22. The first-order chi connectivity index (χ1) is 18.5. The fourth-order valence-corrected chi connectivity index (χ4v) is 5.50. The monoisotopic (exact) mass is 563 g/mol. The molecule has 206 valence electrons. The van der Waals surface area contributed by atoms with Crippen molar-refractivity contribution in [3.63, 3.8) is 0 Å². The Hall–Kier alpha value is -3.44. The van der Waals surface area contributed by atoms with Crippen LogP contribution in [0.3, 0.4) is 0 Å². The van der Waals surface area contributed by atoms with Crippen molar-refractivity contribution in [3.05, 3.63) is 76.3 Å². The largest absolute Gasteiger partial charge is 0.434 e. The summed E-state index contributed by atoms with van der Waals surface area (Å²) in [4.78, 5) is 29.2. The number of nitrogens with zero attached hydrogens (tertiary/aromatic N) is 4. The summed E-state index contributed by atoms with van der Waals surface area (Å²) in [6.07, 6.45) is -3.63. The lowest BCUT2D eigenvalue weighted by Crippen LogP contribution is -2.35. The minimum atomic E-state index is -4.84. The molecule has 12 heteroatoms. The summed E-state index contributed by atoms with van der Waals surface area (Å²) < 4.78 is 55.9. The third-order valence-electron chi connectivity index (χ3n) is 7.30. The van der Waals surface area contributed by atoms with Crippen LogP contribution in [0.2, 0.25) is 5.02 Å². The highest BCUT2D eigenvalue weighted by Crippen LogP contribution is 2.37. The molecule has 3 heterocycles. The maximum atomic E-state index is 14.0. The molecular weight excluding hydrogens is 538 g/mol. The van der Waals surface area contributed by atoms with Gasteiger partial charge in [0.05, 0.1) is 17.4 Å². The van der Waals surface area contributed by atoms with E-state index in [0.29, 0.717) is 48.1 Å². The molecule has 2 unspecified atom stereocenters. The van der Waals surface area contributed by atoms with E-state index in [2.05, 4.69) is 15.3 Å². The normalized spacial score (nSPS) is 19.4. The number of rotatable bonds is 6. The first-order valence-electron chi connectivity index (χ1n) is 12.5. The van der Waals surface area contributed by atoms with E-state index in [0.717, 1.165) is 23.9 Å². The Morgan fingerprint density at radius 1 is 1.05 bits per heavy atom. The Balaban J connectivity index is 1.19. The zero-order valence-electron chi connectivity index (χ0n) is 21.0. The van der Waals surface area contributed by atoms with Crippen LogP contribution in [0.5, 0.6) is 0 Å².